The highest BCUT2D eigenvalue weighted by atomic mass is 16.5. The van der Waals surface area contributed by atoms with Gasteiger partial charge < -0.3 is 14.6 Å². The number of esters is 1. The average molecular weight is 376 g/mol. The standard InChI is InChI=1S/C23H24N2O3/c26-22(25-13-12-17-6-1-2-7-19(17)15-25)16-28-23(27)11-5-8-18-14-24-21-10-4-3-9-20(18)21/h1-4,6-7,9-10,14,24H,5,8,11-13,15-16H2. The highest BCUT2D eigenvalue weighted by molar-refractivity contribution is 5.83. The second-order valence-electron chi connectivity index (χ2n) is 7.21. The zero-order valence-corrected chi connectivity index (χ0v) is 15.8. The van der Waals surface area contributed by atoms with Gasteiger partial charge in [0, 0.05) is 36.6 Å². The lowest BCUT2D eigenvalue weighted by molar-refractivity contribution is -0.152. The minimum atomic E-state index is -0.314. The summed E-state index contributed by atoms with van der Waals surface area (Å²) in [4.78, 5) is 29.4. The Bertz CT molecular complexity index is 992. The molecule has 1 aliphatic heterocycles. The molecule has 5 nitrogen and oxygen atoms in total. The Labute approximate surface area is 164 Å². The lowest BCUT2D eigenvalue weighted by Gasteiger charge is -2.28. The molecule has 5 heteroatoms. The highest BCUT2D eigenvalue weighted by Gasteiger charge is 2.21. The Hall–Kier alpha value is -3.08. The van der Waals surface area contributed by atoms with Gasteiger partial charge in [-0.1, -0.05) is 42.5 Å². The van der Waals surface area contributed by atoms with Crippen LogP contribution >= 0.6 is 0 Å². The Balaban J connectivity index is 1.21. The fourth-order valence-corrected chi connectivity index (χ4v) is 3.78. The van der Waals surface area contributed by atoms with E-state index in [2.05, 4.69) is 17.1 Å². The summed E-state index contributed by atoms with van der Waals surface area (Å²) in [6.45, 7) is 1.09. The summed E-state index contributed by atoms with van der Waals surface area (Å²) in [6, 6.07) is 16.3. The summed E-state index contributed by atoms with van der Waals surface area (Å²) in [5.41, 5.74) is 4.77. The molecule has 28 heavy (non-hydrogen) atoms. The van der Waals surface area contributed by atoms with Crippen LogP contribution in [-0.4, -0.2) is 34.9 Å². The Kier molecular flexibility index (Phi) is 5.42. The zero-order valence-electron chi connectivity index (χ0n) is 15.8. The summed E-state index contributed by atoms with van der Waals surface area (Å²) in [7, 11) is 0. The molecule has 0 aliphatic carbocycles. The number of benzene rings is 2. The minimum Gasteiger partial charge on any atom is -0.456 e. The molecule has 0 saturated heterocycles. The number of carbonyl (C=O) groups excluding carboxylic acids is 2. The predicted molar refractivity (Wildman–Crippen MR) is 108 cm³/mol. The quantitative estimate of drug-likeness (QED) is 0.669. The van der Waals surface area contributed by atoms with E-state index in [1.54, 1.807) is 4.90 Å². The lowest BCUT2D eigenvalue weighted by atomic mass is 10.00. The molecule has 0 radical (unpaired) electrons. The van der Waals surface area contributed by atoms with E-state index in [0.29, 0.717) is 25.9 Å². The van der Waals surface area contributed by atoms with Crippen molar-refractivity contribution in [3.63, 3.8) is 0 Å². The molecule has 1 amide bonds. The first-order valence-electron chi connectivity index (χ1n) is 9.76. The number of fused-ring (bicyclic) bond motifs is 2. The molecule has 2 heterocycles. The first-order chi connectivity index (χ1) is 13.7. The van der Waals surface area contributed by atoms with Crippen molar-refractivity contribution >= 4 is 22.8 Å². The van der Waals surface area contributed by atoms with Gasteiger partial charge in [0.1, 0.15) is 0 Å². The van der Waals surface area contributed by atoms with Gasteiger partial charge in [0.25, 0.3) is 5.91 Å². The Morgan fingerprint density at radius 3 is 2.71 bits per heavy atom. The average Bonchev–Trinajstić information content (AvgIpc) is 3.15. The SMILES string of the molecule is O=C(CCCc1c[nH]c2ccccc12)OCC(=O)N1CCc2ccccc2C1. The zero-order chi connectivity index (χ0) is 19.3. The third kappa shape index (κ3) is 4.09. The van der Waals surface area contributed by atoms with Crippen molar-refractivity contribution in [1.29, 1.82) is 0 Å². The van der Waals surface area contributed by atoms with Gasteiger partial charge in [-0.15, -0.1) is 0 Å². The van der Waals surface area contributed by atoms with Crippen LogP contribution in [-0.2, 0) is 33.7 Å². The first-order valence-corrected chi connectivity index (χ1v) is 9.76. The largest absolute Gasteiger partial charge is 0.456 e. The number of hydrogen-bond donors (Lipinski definition) is 1. The topological polar surface area (TPSA) is 62.4 Å². The number of rotatable bonds is 6. The van der Waals surface area contributed by atoms with Gasteiger partial charge in [-0.05, 0) is 42.0 Å². The van der Waals surface area contributed by atoms with Gasteiger partial charge in [0.15, 0.2) is 6.61 Å². The Morgan fingerprint density at radius 1 is 1.04 bits per heavy atom. The number of aryl methyl sites for hydroxylation is 1. The van der Waals surface area contributed by atoms with Crippen LogP contribution in [0.3, 0.4) is 0 Å². The van der Waals surface area contributed by atoms with Crippen LogP contribution in [0.1, 0.15) is 29.5 Å². The number of carbonyl (C=O) groups is 2. The van der Waals surface area contributed by atoms with E-state index in [1.807, 2.05) is 42.6 Å². The Morgan fingerprint density at radius 2 is 1.82 bits per heavy atom. The molecule has 144 valence electrons. The van der Waals surface area contributed by atoms with Crippen molar-refractivity contribution in [2.24, 2.45) is 0 Å². The third-order valence-electron chi connectivity index (χ3n) is 5.34. The molecule has 1 N–H and O–H groups in total. The van der Waals surface area contributed by atoms with E-state index in [-0.39, 0.29) is 18.5 Å². The van der Waals surface area contributed by atoms with Gasteiger partial charge in [-0.2, -0.15) is 0 Å². The fraction of sp³-hybridized carbons (Fsp3) is 0.304. The third-order valence-corrected chi connectivity index (χ3v) is 5.34. The van der Waals surface area contributed by atoms with E-state index in [0.717, 1.165) is 18.4 Å². The van der Waals surface area contributed by atoms with Crippen molar-refractivity contribution < 1.29 is 14.3 Å². The molecule has 0 atom stereocenters. The number of hydrogen-bond acceptors (Lipinski definition) is 3. The molecule has 1 aromatic heterocycles. The van der Waals surface area contributed by atoms with Crippen LogP contribution in [0.4, 0.5) is 0 Å². The maximum atomic E-state index is 12.4. The van der Waals surface area contributed by atoms with E-state index < -0.39 is 0 Å². The van der Waals surface area contributed by atoms with Crippen molar-refractivity contribution in [3.05, 3.63) is 71.4 Å². The summed E-state index contributed by atoms with van der Waals surface area (Å²) in [5.74, 6) is -0.440. The molecule has 0 bridgehead atoms. The van der Waals surface area contributed by atoms with E-state index in [4.69, 9.17) is 4.74 Å². The molecule has 2 aromatic carbocycles. The summed E-state index contributed by atoms with van der Waals surface area (Å²) in [6.07, 6.45) is 4.66. The highest BCUT2D eigenvalue weighted by Crippen LogP contribution is 2.20. The van der Waals surface area contributed by atoms with Crippen LogP contribution in [0.5, 0.6) is 0 Å². The number of nitrogens with zero attached hydrogens (tertiary/aromatic N) is 1. The molecule has 0 fully saturated rings. The smallest absolute Gasteiger partial charge is 0.306 e. The molecule has 3 aromatic rings. The second kappa shape index (κ2) is 8.30. The molecular weight excluding hydrogens is 352 g/mol. The maximum Gasteiger partial charge on any atom is 0.306 e. The monoisotopic (exact) mass is 376 g/mol. The molecule has 0 saturated carbocycles. The van der Waals surface area contributed by atoms with Gasteiger partial charge in [0.2, 0.25) is 0 Å². The summed E-state index contributed by atoms with van der Waals surface area (Å²) in [5, 5.41) is 1.19. The van der Waals surface area contributed by atoms with Crippen LogP contribution < -0.4 is 0 Å². The molecular formula is C23H24N2O3. The number of aromatic amines is 1. The molecule has 1 aliphatic rings. The summed E-state index contributed by atoms with van der Waals surface area (Å²) >= 11 is 0. The second-order valence-corrected chi connectivity index (χ2v) is 7.21. The maximum absolute atomic E-state index is 12.4. The normalized spacial score (nSPS) is 13.4. The van der Waals surface area contributed by atoms with Gasteiger partial charge >= 0.3 is 5.97 Å². The molecule has 0 unspecified atom stereocenters. The van der Waals surface area contributed by atoms with Crippen LogP contribution in [0, 0.1) is 0 Å². The molecule has 4 rings (SSSR count). The summed E-state index contributed by atoms with van der Waals surface area (Å²) < 4.78 is 5.21. The van der Waals surface area contributed by atoms with E-state index >= 15 is 0 Å². The van der Waals surface area contributed by atoms with Gasteiger partial charge in [0.05, 0.1) is 0 Å². The number of aromatic nitrogens is 1. The van der Waals surface area contributed by atoms with E-state index in [1.165, 1.54) is 22.1 Å². The van der Waals surface area contributed by atoms with Crippen molar-refractivity contribution in [1.82, 2.24) is 9.88 Å². The minimum absolute atomic E-state index is 0.125. The molecule has 0 spiro atoms. The van der Waals surface area contributed by atoms with Crippen LogP contribution in [0.15, 0.2) is 54.7 Å². The van der Waals surface area contributed by atoms with Crippen LogP contribution in [0.25, 0.3) is 10.9 Å². The van der Waals surface area contributed by atoms with E-state index in [9.17, 15) is 9.59 Å². The fourth-order valence-electron chi connectivity index (χ4n) is 3.78. The van der Waals surface area contributed by atoms with Crippen molar-refractivity contribution in [3.8, 4) is 0 Å². The number of ether oxygens (including phenoxy) is 1. The van der Waals surface area contributed by atoms with Crippen molar-refractivity contribution in [2.45, 2.75) is 32.2 Å². The van der Waals surface area contributed by atoms with Crippen molar-refractivity contribution in [2.75, 3.05) is 13.2 Å². The van der Waals surface area contributed by atoms with Gasteiger partial charge in [-0.25, -0.2) is 0 Å². The number of nitrogens with one attached hydrogen (secondary N) is 1. The first kappa shape index (κ1) is 18.3. The van der Waals surface area contributed by atoms with Crippen LogP contribution in [0.2, 0.25) is 0 Å². The predicted octanol–water partition coefficient (Wildman–Crippen LogP) is 3.62. The number of amides is 1. The lowest BCUT2D eigenvalue weighted by Crippen LogP contribution is -2.38. The van der Waals surface area contributed by atoms with Gasteiger partial charge in [-0.3, -0.25) is 9.59 Å². The number of H-pyrrole nitrogens is 1. The number of para-hydroxylation sites is 1.